The first-order chi connectivity index (χ1) is 65.8. The highest BCUT2D eigenvalue weighted by molar-refractivity contribution is 5.81. The smallest absolute Gasteiger partial charge is 0.303 e. The second-order valence-electron chi connectivity index (χ2n) is 32.3. The minimum absolute atomic E-state index is 0.352. The number of esters is 12. The average molecular weight is 1890 g/mol. The Labute approximate surface area is 800 Å². The number of carbonyl (C=O) groups excluding carboxylic acids is 12. The molecule has 0 aromatic heterocycles. The van der Waals surface area contributed by atoms with Gasteiger partial charge in [-0.1, -0.05) is 145 Å². The normalized spacial score (nSPS) is 20.3. The molecule has 0 aliphatic carbocycles. The van der Waals surface area contributed by atoms with E-state index in [9.17, 15) is 57.5 Å². The molecule has 3 saturated heterocycles. The summed E-state index contributed by atoms with van der Waals surface area (Å²) in [7, 11) is 0. The van der Waals surface area contributed by atoms with Crippen molar-refractivity contribution in [3.05, 3.63) is 267 Å². The van der Waals surface area contributed by atoms with Crippen LogP contribution in [0.15, 0.2) is 200 Å². The number of hydrogen-bond acceptors (Lipinski definition) is 30. The molecule has 3 aliphatic heterocycles. The minimum Gasteiger partial charge on any atom is -0.463 e. The molecule has 0 N–H and O–H groups in total. The molecule has 0 spiro atoms. The van der Waals surface area contributed by atoms with Crippen LogP contribution >= 0.6 is 0 Å². The molecule has 3 fully saturated rings. The van der Waals surface area contributed by atoms with Gasteiger partial charge < -0.3 is 85.3 Å². The van der Waals surface area contributed by atoms with E-state index in [1.165, 1.54) is 41.5 Å². The van der Waals surface area contributed by atoms with Crippen molar-refractivity contribution in [2.24, 2.45) is 0 Å². The lowest BCUT2D eigenvalue weighted by Crippen LogP contribution is -2.63. The third-order valence-electron chi connectivity index (χ3n) is 21.1. The Kier molecular flexibility index (Phi) is 37.7. The van der Waals surface area contributed by atoms with E-state index in [2.05, 4.69) is 35.5 Å². The fourth-order valence-corrected chi connectivity index (χ4v) is 15.9. The Morgan fingerprint density at radius 1 is 0.232 bits per heavy atom. The molecule has 15 atom stereocenters. The Bertz CT molecular complexity index is 5470. The van der Waals surface area contributed by atoms with Gasteiger partial charge in [-0.3, -0.25) is 57.5 Å². The zero-order valence-electron chi connectivity index (χ0n) is 79.6. The summed E-state index contributed by atoms with van der Waals surface area (Å²) in [4.78, 5) is 144. The highest BCUT2D eigenvalue weighted by atomic mass is 16.8. The van der Waals surface area contributed by atoms with Crippen molar-refractivity contribution in [3.8, 4) is 86.2 Å². The summed E-state index contributed by atoms with van der Waals surface area (Å²) >= 11 is 0. The molecular weight excluding hydrogens is 1780 g/mol. The first kappa shape index (κ1) is 105. The lowest BCUT2D eigenvalue weighted by Gasteiger charge is -2.44. The number of rotatable bonds is 24. The fourth-order valence-electron chi connectivity index (χ4n) is 15.9. The maximum atomic E-state index is 12.2. The second-order valence-corrected chi connectivity index (χ2v) is 32.3. The third kappa shape index (κ3) is 30.0. The Balaban J connectivity index is 0.000000214. The molecule has 0 radical (unpaired) electrons. The van der Waals surface area contributed by atoms with E-state index < -0.39 is 164 Å². The number of ether oxygens (including phenoxy) is 18. The number of hydrogen-bond donors (Lipinski definition) is 0. The Hall–Kier alpha value is -15.4. The standard InChI is InChI=1S/3C36H36O10/c3*1-21-18-29(19-22(2)32(21)30-15-11-10-14-28(30)17-16-27-12-8-7-9-13-27)45-36-35(44-26(6)40)34(43-25(5)39)33(42-24(4)38)31(46-36)20-41-23(3)37/h3*7-15,18-19,31,33-36H,20H2,1-6H3/t3*31-,33-,34+,35-,36-/m111/s1. The Morgan fingerprint density at radius 2 is 0.420 bits per heavy atom. The molecule has 720 valence electrons. The predicted octanol–water partition coefficient (Wildman–Crippen LogP) is 14.5. The zero-order chi connectivity index (χ0) is 100. The van der Waals surface area contributed by atoms with E-state index >= 15 is 0 Å². The van der Waals surface area contributed by atoms with Gasteiger partial charge in [0.15, 0.2) is 36.6 Å². The molecule has 3 heterocycles. The lowest BCUT2D eigenvalue weighted by molar-refractivity contribution is -0.288. The van der Waals surface area contributed by atoms with Gasteiger partial charge in [0.25, 0.3) is 0 Å². The van der Waals surface area contributed by atoms with Gasteiger partial charge in [-0.05, 0) is 199 Å². The molecular formula is C108H108O30. The molecule has 30 heteroatoms. The monoisotopic (exact) mass is 1880 g/mol. The number of benzene rings is 9. The van der Waals surface area contributed by atoms with Crippen LogP contribution in [0, 0.1) is 77.1 Å². The molecule has 3 aliphatic rings. The van der Waals surface area contributed by atoms with Crippen LogP contribution in [0.5, 0.6) is 17.2 Å². The summed E-state index contributed by atoms with van der Waals surface area (Å²) in [6.07, 6.45) is -19.2. The van der Waals surface area contributed by atoms with Crippen LogP contribution in [-0.2, 0) is 129 Å². The van der Waals surface area contributed by atoms with Crippen molar-refractivity contribution >= 4 is 71.6 Å². The van der Waals surface area contributed by atoms with Gasteiger partial charge in [0.2, 0.25) is 37.2 Å². The van der Waals surface area contributed by atoms with E-state index in [1.807, 2.05) is 205 Å². The lowest BCUT2D eigenvalue weighted by atomic mass is 9.92. The highest BCUT2D eigenvalue weighted by Crippen LogP contribution is 2.41. The van der Waals surface area contributed by atoms with Gasteiger partial charge in [0.1, 0.15) is 55.4 Å². The van der Waals surface area contributed by atoms with Crippen LogP contribution in [0.1, 0.15) is 150 Å². The molecule has 0 saturated carbocycles. The van der Waals surface area contributed by atoms with Crippen LogP contribution in [-0.4, -0.2) is 184 Å². The van der Waals surface area contributed by atoms with Gasteiger partial charge in [-0.2, -0.15) is 0 Å². The van der Waals surface area contributed by atoms with Gasteiger partial charge in [0, 0.05) is 116 Å². The number of carbonyl (C=O) groups is 12. The van der Waals surface area contributed by atoms with Crippen molar-refractivity contribution in [1.82, 2.24) is 0 Å². The summed E-state index contributed by atoms with van der Waals surface area (Å²) < 4.78 is 102. The average Bonchev–Trinajstić information content (AvgIpc) is 0.782. The summed E-state index contributed by atoms with van der Waals surface area (Å²) in [5.41, 5.74) is 16.2. The van der Waals surface area contributed by atoms with E-state index in [0.717, 1.165) is 142 Å². The highest BCUT2D eigenvalue weighted by Gasteiger charge is 2.57. The van der Waals surface area contributed by atoms with Crippen LogP contribution in [0.25, 0.3) is 33.4 Å². The summed E-state index contributed by atoms with van der Waals surface area (Å²) in [5, 5.41) is 0. The first-order valence-electron chi connectivity index (χ1n) is 44.0. The van der Waals surface area contributed by atoms with Crippen LogP contribution in [0.3, 0.4) is 0 Å². The van der Waals surface area contributed by atoms with Gasteiger partial charge >= 0.3 is 71.6 Å². The molecule has 0 unspecified atom stereocenters. The SMILES string of the molecule is CC(=O)OC[C@H]1O[C@@H](Oc2cc(C)c(-c3ccccc3C#Cc3ccccc3)c(C)c2)[C@H](OC(C)=O)[C@@H](OC(C)=O)[C@@H]1OC(C)=O.CC(=O)OC[C@H]1O[C@@H](Oc2cc(C)c(-c3ccccc3C#Cc3ccccc3)c(C)c2)[C@H](OC(C)=O)[C@@H](OC(C)=O)[C@@H]1OC(C)=O.CC(=O)OC[C@H]1O[C@@H](Oc2cc(C)c(-c3ccccc3C#Cc3ccccc3)c(C)c2)[C@H](OC(C)=O)[C@@H](OC(C)=O)[C@@H]1OC(C)=O. The van der Waals surface area contributed by atoms with Crippen LogP contribution < -0.4 is 14.2 Å². The quantitative estimate of drug-likeness (QED) is 0.0308. The summed E-state index contributed by atoms with van der Waals surface area (Å²) in [6, 6.07) is 63.5. The first-order valence-corrected chi connectivity index (χ1v) is 44.0. The number of aryl methyl sites for hydroxylation is 6. The third-order valence-corrected chi connectivity index (χ3v) is 21.1. The van der Waals surface area contributed by atoms with E-state index in [0.29, 0.717) is 17.2 Å². The maximum Gasteiger partial charge on any atom is 0.303 e. The molecule has 0 amide bonds. The van der Waals surface area contributed by atoms with Crippen molar-refractivity contribution in [2.75, 3.05) is 19.8 Å². The van der Waals surface area contributed by atoms with Crippen molar-refractivity contribution < 1.29 is 143 Å². The molecule has 0 bridgehead atoms. The largest absolute Gasteiger partial charge is 0.463 e. The van der Waals surface area contributed by atoms with Crippen molar-refractivity contribution in [3.63, 3.8) is 0 Å². The molecule has 30 nitrogen and oxygen atoms in total. The maximum absolute atomic E-state index is 12.2. The second kappa shape index (κ2) is 49.7. The van der Waals surface area contributed by atoms with E-state index in [4.69, 9.17) is 85.3 Å². The van der Waals surface area contributed by atoms with Crippen molar-refractivity contribution in [2.45, 2.75) is 217 Å². The minimum atomic E-state index is -1.34. The molecule has 9 aromatic carbocycles. The zero-order valence-corrected chi connectivity index (χ0v) is 79.6. The topological polar surface area (TPSA) is 371 Å². The molecule has 9 aromatic rings. The van der Waals surface area contributed by atoms with Crippen LogP contribution in [0.2, 0.25) is 0 Å². The van der Waals surface area contributed by atoms with E-state index in [-0.39, 0.29) is 19.8 Å². The van der Waals surface area contributed by atoms with Gasteiger partial charge in [-0.25, -0.2) is 0 Å². The van der Waals surface area contributed by atoms with Crippen molar-refractivity contribution in [1.29, 1.82) is 0 Å². The van der Waals surface area contributed by atoms with E-state index in [1.54, 1.807) is 36.4 Å². The summed E-state index contributed by atoms with van der Waals surface area (Å²) in [5.74, 6) is 12.3. The summed E-state index contributed by atoms with van der Waals surface area (Å²) in [6.45, 7) is 24.7. The Morgan fingerprint density at radius 3 is 0.623 bits per heavy atom. The van der Waals surface area contributed by atoms with Crippen LogP contribution in [0.4, 0.5) is 0 Å². The fraction of sp³-hybridized carbons (Fsp3) is 0.333. The molecule has 12 rings (SSSR count). The molecule has 138 heavy (non-hydrogen) atoms. The van der Waals surface area contributed by atoms with Gasteiger partial charge in [0.05, 0.1) is 0 Å². The van der Waals surface area contributed by atoms with Gasteiger partial charge in [-0.15, -0.1) is 0 Å². The predicted molar refractivity (Wildman–Crippen MR) is 499 cm³/mol.